The zero-order chi connectivity index (χ0) is 15.7. The van der Waals surface area contributed by atoms with Crippen molar-refractivity contribution in [1.82, 2.24) is 10.6 Å². The Morgan fingerprint density at radius 1 is 1.43 bits per heavy atom. The summed E-state index contributed by atoms with van der Waals surface area (Å²) in [6.45, 7) is -0.764. The van der Waals surface area contributed by atoms with E-state index >= 15 is 0 Å². The highest BCUT2D eigenvalue weighted by atomic mass is 19.3. The molecule has 118 valence electrons. The molecule has 3 N–H and O–H groups in total. The van der Waals surface area contributed by atoms with Gasteiger partial charge in [0, 0.05) is 19.2 Å². The lowest BCUT2D eigenvalue weighted by Crippen LogP contribution is -2.41. The Hall–Kier alpha value is -1.89. The maximum Gasteiger partial charge on any atom is 0.387 e. The number of halogens is 2. The Labute approximate surface area is 122 Å². The van der Waals surface area contributed by atoms with Crippen LogP contribution in [0.3, 0.4) is 0 Å². The predicted octanol–water partition coefficient (Wildman–Crippen LogP) is 2.25. The van der Waals surface area contributed by atoms with Crippen LogP contribution < -0.4 is 15.4 Å². The van der Waals surface area contributed by atoms with E-state index in [2.05, 4.69) is 15.4 Å². The molecular formula is C14H20F2N2O3. The van der Waals surface area contributed by atoms with Gasteiger partial charge in [-0.05, 0) is 30.5 Å². The highest BCUT2D eigenvalue weighted by Gasteiger charge is 2.09. The number of amides is 2. The van der Waals surface area contributed by atoms with Gasteiger partial charge in [-0.25, -0.2) is 4.79 Å². The monoisotopic (exact) mass is 302 g/mol. The van der Waals surface area contributed by atoms with Crippen molar-refractivity contribution in [3.8, 4) is 5.75 Å². The van der Waals surface area contributed by atoms with Gasteiger partial charge in [-0.1, -0.05) is 19.1 Å². The van der Waals surface area contributed by atoms with Gasteiger partial charge in [-0.2, -0.15) is 8.78 Å². The van der Waals surface area contributed by atoms with Crippen molar-refractivity contribution in [2.45, 2.75) is 39.0 Å². The fraction of sp³-hybridized carbons (Fsp3) is 0.500. The number of ether oxygens (including phenoxy) is 1. The number of carbonyl (C=O) groups excluding carboxylic acids is 1. The minimum absolute atomic E-state index is 0.00575. The summed E-state index contributed by atoms with van der Waals surface area (Å²) in [5.41, 5.74) is 0.651. The Balaban J connectivity index is 2.45. The maximum atomic E-state index is 12.1. The lowest BCUT2D eigenvalue weighted by Gasteiger charge is -2.16. The van der Waals surface area contributed by atoms with Crippen molar-refractivity contribution < 1.29 is 23.4 Å². The minimum atomic E-state index is -2.87. The molecular weight excluding hydrogens is 282 g/mol. The second-order valence-electron chi connectivity index (χ2n) is 4.47. The van der Waals surface area contributed by atoms with E-state index in [1.165, 1.54) is 12.1 Å². The zero-order valence-corrected chi connectivity index (χ0v) is 11.8. The first-order valence-corrected chi connectivity index (χ1v) is 6.74. The molecule has 0 aliphatic carbocycles. The normalized spacial score (nSPS) is 12.0. The van der Waals surface area contributed by atoms with Gasteiger partial charge in [0.15, 0.2) is 0 Å². The molecule has 0 radical (unpaired) electrons. The first-order chi connectivity index (χ1) is 10.0. The largest absolute Gasteiger partial charge is 0.435 e. The molecule has 5 nitrogen and oxygen atoms in total. The molecule has 0 aromatic heterocycles. The van der Waals surface area contributed by atoms with E-state index in [9.17, 15) is 13.6 Å². The van der Waals surface area contributed by atoms with E-state index in [0.29, 0.717) is 18.4 Å². The first-order valence-electron chi connectivity index (χ1n) is 6.74. The van der Waals surface area contributed by atoms with Crippen molar-refractivity contribution >= 4 is 6.03 Å². The van der Waals surface area contributed by atoms with Crippen LogP contribution in [0.1, 0.15) is 25.3 Å². The van der Waals surface area contributed by atoms with Crippen LogP contribution in [-0.2, 0) is 6.54 Å². The van der Waals surface area contributed by atoms with Crippen LogP contribution >= 0.6 is 0 Å². The van der Waals surface area contributed by atoms with Crippen molar-refractivity contribution in [3.63, 3.8) is 0 Å². The Morgan fingerprint density at radius 3 is 2.81 bits per heavy atom. The number of aliphatic hydroxyl groups is 1. The van der Waals surface area contributed by atoms with E-state index in [0.717, 1.165) is 0 Å². The van der Waals surface area contributed by atoms with Crippen LogP contribution in [-0.4, -0.2) is 30.4 Å². The van der Waals surface area contributed by atoms with E-state index < -0.39 is 6.61 Å². The molecule has 2 amide bonds. The molecule has 0 aliphatic rings. The number of alkyl halides is 2. The summed E-state index contributed by atoms with van der Waals surface area (Å²) in [7, 11) is 0. The highest BCUT2D eigenvalue weighted by Crippen LogP contribution is 2.15. The summed E-state index contributed by atoms with van der Waals surface area (Å²) in [5.74, 6) is 0.0522. The SMILES string of the molecule is CCC(CCO)NC(=O)NCc1cccc(OC(F)F)c1. The van der Waals surface area contributed by atoms with Gasteiger partial charge in [-0.3, -0.25) is 0 Å². The van der Waals surface area contributed by atoms with Gasteiger partial charge in [0.05, 0.1) is 0 Å². The fourth-order valence-corrected chi connectivity index (χ4v) is 1.78. The summed E-state index contributed by atoms with van der Waals surface area (Å²) in [6.07, 6.45) is 1.20. The van der Waals surface area contributed by atoms with Gasteiger partial charge in [0.25, 0.3) is 0 Å². The van der Waals surface area contributed by atoms with Crippen LogP contribution in [0.15, 0.2) is 24.3 Å². The van der Waals surface area contributed by atoms with E-state index in [1.54, 1.807) is 12.1 Å². The number of hydrogen-bond acceptors (Lipinski definition) is 3. The fourth-order valence-electron chi connectivity index (χ4n) is 1.78. The molecule has 1 aromatic carbocycles. The first kappa shape index (κ1) is 17.2. The standard InChI is InChI=1S/C14H20F2N2O3/c1-2-11(6-7-19)18-14(20)17-9-10-4-3-5-12(8-10)21-13(15)16/h3-5,8,11,13,19H,2,6-7,9H2,1H3,(H2,17,18,20). The molecule has 0 aliphatic heterocycles. The predicted molar refractivity (Wildman–Crippen MR) is 74.2 cm³/mol. The smallest absolute Gasteiger partial charge is 0.387 e. The molecule has 21 heavy (non-hydrogen) atoms. The third-order valence-electron chi connectivity index (χ3n) is 2.88. The van der Waals surface area contributed by atoms with Gasteiger partial charge in [-0.15, -0.1) is 0 Å². The second kappa shape index (κ2) is 9.12. The van der Waals surface area contributed by atoms with Crippen LogP contribution in [0.2, 0.25) is 0 Å². The molecule has 0 spiro atoms. The highest BCUT2D eigenvalue weighted by molar-refractivity contribution is 5.74. The third kappa shape index (κ3) is 6.89. The molecule has 0 saturated heterocycles. The molecule has 7 heteroatoms. The minimum Gasteiger partial charge on any atom is -0.435 e. The summed E-state index contributed by atoms with van der Waals surface area (Å²) in [6, 6.07) is 5.68. The van der Waals surface area contributed by atoms with Gasteiger partial charge in [0.2, 0.25) is 0 Å². The van der Waals surface area contributed by atoms with Crippen molar-refractivity contribution in [3.05, 3.63) is 29.8 Å². The Morgan fingerprint density at radius 2 is 2.19 bits per heavy atom. The van der Waals surface area contributed by atoms with Crippen LogP contribution in [0.5, 0.6) is 5.75 Å². The van der Waals surface area contributed by atoms with Crippen LogP contribution in [0.4, 0.5) is 13.6 Å². The topological polar surface area (TPSA) is 70.6 Å². The van der Waals surface area contributed by atoms with Gasteiger partial charge >= 0.3 is 12.6 Å². The van der Waals surface area contributed by atoms with Crippen molar-refractivity contribution in [2.75, 3.05) is 6.61 Å². The second-order valence-corrected chi connectivity index (χ2v) is 4.47. The summed E-state index contributed by atoms with van der Waals surface area (Å²) >= 11 is 0. The van der Waals surface area contributed by atoms with Gasteiger partial charge < -0.3 is 20.5 Å². The number of aliphatic hydroxyl groups excluding tert-OH is 1. The van der Waals surface area contributed by atoms with Gasteiger partial charge in [0.1, 0.15) is 5.75 Å². The van der Waals surface area contributed by atoms with Crippen molar-refractivity contribution in [2.24, 2.45) is 0 Å². The van der Waals surface area contributed by atoms with Crippen LogP contribution in [0, 0.1) is 0 Å². The molecule has 1 unspecified atom stereocenters. The van der Waals surface area contributed by atoms with Crippen molar-refractivity contribution in [1.29, 1.82) is 0 Å². The lowest BCUT2D eigenvalue weighted by atomic mass is 10.1. The number of urea groups is 1. The average Bonchev–Trinajstić information content (AvgIpc) is 2.44. The molecule has 1 atom stereocenters. The van der Waals surface area contributed by atoms with Crippen LogP contribution in [0.25, 0.3) is 0 Å². The Bertz CT molecular complexity index is 444. The third-order valence-corrected chi connectivity index (χ3v) is 2.88. The molecule has 1 aromatic rings. The molecule has 1 rings (SSSR count). The van der Waals surface area contributed by atoms with E-state index in [4.69, 9.17) is 5.11 Å². The maximum absolute atomic E-state index is 12.1. The zero-order valence-electron chi connectivity index (χ0n) is 11.8. The number of benzene rings is 1. The number of carbonyl (C=O) groups is 1. The van der Waals surface area contributed by atoms with E-state index in [1.807, 2.05) is 6.92 Å². The summed E-state index contributed by atoms with van der Waals surface area (Å²) in [4.78, 5) is 11.7. The molecule has 0 fully saturated rings. The molecule has 0 bridgehead atoms. The molecule has 0 heterocycles. The lowest BCUT2D eigenvalue weighted by molar-refractivity contribution is -0.0498. The Kier molecular flexibility index (Phi) is 7.45. The molecule has 0 saturated carbocycles. The average molecular weight is 302 g/mol. The number of nitrogens with one attached hydrogen (secondary N) is 2. The van der Waals surface area contributed by atoms with E-state index in [-0.39, 0.29) is 31.0 Å². The quantitative estimate of drug-likeness (QED) is 0.690. The summed E-state index contributed by atoms with van der Waals surface area (Å²) < 4.78 is 28.5. The summed E-state index contributed by atoms with van der Waals surface area (Å²) in [5, 5.41) is 14.2. The number of rotatable bonds is 8. The number of hydrogen-bond donors (Lipinski definition) is 3.